The van der Waals surface area contributed by atoms with Gasteiger partial charge in [0.25, 0.3) is 5.91 Å². The van der Waals surface area contributed by atoms with Crippen LogP contribution in [0.25, 0.3) is 0 Å². The molecule has 0 spiro atoms. The molecule has 0 aliphatic carbocycles. The molecule has 190 valence electrons. The number of benzene rings is 3. The number of rotatable bonds is 12. The first kappa shape index (κ1) is 26.6. The Hall–Kier alpha value is -4.04. The third kappa shape index (κ3) is 8.02. The number of carbonyl (C=O) groups is 2. The Morgan fingerprint density at radius 3 is 2.19 bits per heavy atom. The quantitative estimate of drug-likeness (QED) is 0.333. The van der Waals surface area contributed by atoms with E-state index in [9.17, 15) is 9.59 Å². The molecule has 0 unspecified atom stereocenters. The molecule has 0 aliphatic rings. The average molecular weight is 491 g/mol. The van der Waals surface area contributed by atoms with Crippen LogP contribution in [-0.2, 0) is 6.61 Å². The highest BCUT2D eigenvalue weighted by atomic mass is 16.5. The summed E-state index contributed by atoms with van der Waals surface area (Å²) in [4.78, 5) is 27.3. The molecular weight excluding hydrogens is 456 g/mol. The van der Waals surface area contributed by atoms with Crippen molar-refractivity contribution in [1.82, 2.24) is 10.2 Å². The zero-order valence-corrected chi connectivity index (χ0v) is 21.0. The van der Waals surface area contributed by atoms with Crippen molar-refractivity contribution in [2.75, 3.05) is 43.9 Å². The standard InChI is InChI=1S/C28H34N4O4/c1-4-32(5-2)18-17-29-27(33)25-16-15-23(19-26(25)35-3)31-28(34)30-22-13-11-21(12-14-22)20-36-24-9-7-6-8-10-24/h6-16,19H,4-5,17-18,20H2,1-3H3,(H,29,33)(H2,30,31,34). The maximum Gasteiger partial charge on any atom is 0.323 e. The summed E-state index contributed by atoms with van der Waals surface area (Å²) in [5.41, 5.74) is 2.56. The number of urea groups is 1. The van der Waals surface area contributed by atoms with Gasteiger partial charge in [0.2, 0.25) is 0 Å². The molecule has 3 aromatic carbocycles. The maximum atomic E-state index is 12.6. The second-order valence-corrected chi connectivity index (χ2v) is 8.08. The third-order valence-corrected chi connectivity index (χ3v) is 5.67. The predicted molar refractivity (Wildman–Crippen MR) is 143 cm³/mol. The van der Waals surface area contributed by atoms with Gasteiger partial charge in [-0.3, -0.25) is 4.79 Å². The molecule has 0 radical (unpaired) electrons. The van der Waals surface area contributed by atoms with Gasteiger partial charge in [-0.25, -0.2) is 4.79 Å². The van der Waals surface area contributed by atoms with Crippen LogP contribution < -0.4 is 25.4 Å². The van der Waals surface area contributed by atoms with Gasteiger partial charge in [0, 0.05) is 30.5 Å². The molecule has 0 saturated carbocycles. The number of likely N-dealkylation sites (N-methyl/N-ethyl adjacent to an activating group) is 1. The Morgan fingerprint density at radius 1 is 0.861 bits per heavy atom. The smallest absolute Gasteiger partial charge is 0.323 e. The summed E-state index contributed by atoms with van der Waals surface area (Å²) in [5, 5.41) is 8.49. The lowest BCUT2D eigenvalue weighted by atomic mass is 10.1. The van der Waals surface area contributed by atoms with Gasteiger partial charge in [-0.2, -0.15) is 0 Å². The van der Waals surface area contributed by atoms with Gasteiger partial charge in [0.15, 0.2) is 0 Å². The van der Waals surface area contributed by atoms with Crippen molar-refractivity contribution in [3.63, 3.8) is 0 Å². The zero-order valence-electron chi connectivity index (χ0n) is 21.0. The zero-order chi connectivity index (χ0) is 25.8. The van der Waals surface area contributed by atoms with Crippen LogP contribution in [0.3, 0.4) is 0 Å². The molecule has 0 aliphatic heterocycles. The Kier molecular flexibility index (Phi) is 10.1. The number of methoxy groups -OCH3 is 1. The number of anilines is 2. The van der Waals surface area contributed by atoms with Crippen molar-refractivity contribution in [3.05, 3.63) is 83.9 Å². The lowest BCUT2D eigenvalue weighted by molar-refractivity contribution is 0.0946. The first-order chi connectivity index (χ1) is 17.5. The molecule has 36 heavy (non-hydrogen) atoms. The van der Waals surface area contributed by atoms with Crippen molar-refractivity contribution in [2.24, 2.45) is 0 Å². The fourth-order valence-electron chi connectivity index (χ4n) is 3.58. The molecule has 8 heteroatoms. The third-order valence-electron chi connectivity index (χ3n) is 5.67. The summed E-state index contributed by atoms with van der Waals surface area (Å²) in [5.74, 6) is 0.972. The van der Waals surface area contributed by atoms with Gasteiger partial charge in [0.1, 0.15) is 18.1 Å². The predicted octanol–water partition coefficient (Wildman–Crippen LogP) is 4.99. The van der Waals surface area contributed by atoms with Crippen molar-refractivity contribution in [3.8, 4) is 11.5 Å². The maximum absolute atomic E-state index is 12.6. The van der Waals surface area contributed by atoms with E-state index in [1.165, 1.54) is 7.11 Å². The van der Waals surface area contributed by atoms with E-state index in [1.54, 1.807) is 18.2 Å². The summed E-state index contributed by atoms with van der Waals surface area (Å²) < 4.78 is 11.1. The molecule has 8 nitrogen and oxygen atoms in total. The van der Waals surface area contributed by atoms with Crippen LogP contribution in [0.5, 0.6) is 11.5 Å². The van der Waals surface area contributed by atoms with Gasteiger partial charge >= 0.3 is 6.03 Å². The van der Waals surface area contributed by atoms with E-state index in [0.29, 0.717) is 35.8 Å². The number of carbonyl (C=O) groups excluding carboxylic acids is 2. The topological polar surface area (TPSA) is 91.9 Å². The Labute approximate surface area is 212 Å². The summed E-state index contributed by atoms with van der Waals surface area (Å²) in [7, 11) is 1.49. The van der Waals surface area contributed by atoms with E-state index in [0.717, 1.165) is 30.9 Å². The van der Waals surface area contributed by atoms with Crippen LogP contribution >= 0.6 is 0 Å². The van der Waals surface area contributed by atoms with Crippen LogP contribution in [0, 0.1) is 0 Å². The summed E-state index contributed by atoms with van der Waals surface area (Å²) in [6, 6.07) is 21.6. The monoisotopic (exact) mass is 490 g/mol. The van der Waals surface area contributed by atoms with E-state index in [1.807, 2.05) is 54.6 Å². The van der Waals surface area contributed by atoms with E-state index in [-0.39, 0.29) is 5.91 Å². The Bertz CT molecular complexity index is 1120. The van der Waals surface area contributed by atoms with E-state index < -0.39 is 6.03 Å². The van der Waals surface area contributed by atoms with Crippen LogP contribution in [0.1, 0.15) is 29.8 Å². The van der Waals surface area contributed by atoms with E-state index in [4.69, 9.17) is 9.47 Å². The molecule has 0 atom stereocenters. The second kappa shape index (κ2) is 13.7. The number of ether oxygens (including phenoxy) is 2. The lowest BCUT2D eigenvalue weighted by Gasteiger charge is -2.18. The molecular formula is C28H34N4O4. The van der Waals surface area contributed by atoms with Crippen molar-refractivity contribution < 1.29 is 19.1 Å². The van der Waals surface area contributed by atoms with E-state index in [2.05, 4.69) is 34.7 Å². The number of para-hydroxylation sites is 1. The Balaban J connectivity index is 1.51. The fourth-order valence-corrected chi connectivity index (χ4v) is 3.58. The normalized spacial score (nSPS) is 10.6. The van der Waals surface area contributed by atoms with Crippen LogP contribution in [-0.4, -0.2) is 50.1 Å². The van der Waals surface area contributed by atoms with Gasteiger partial charge in [0.05, 0.1) is 12.7 Å². The minimum Gasteiger partial charge on any atom is -0.496 e. The van der Waals surface area contributed by atoms with Crippen molar-refractivity contribution in [2.45, 2.75) is 20.5 Å². The molecule has 0 heterocycles. The minimum atomic E-state index is -0.401. The molecule has 3 amide bonds. The van der Waals surface area contributed by atoms with Gasteiger partial charge in [-0.1, -0.05) is 44.2 Å². The first-order valence-corrected chi connectivity index (χ1v) is 12.1. The SMILES string of the molecule is CCN(CC)CCNC(=O)c1ccc(NC(=O)Nc2ccc(COc3ccccc3)cc2)cc1OC. The molecule has 0 fully saturated rings. The van der Waals surface area contributed by atoms with Crippen molar-refractivity contribution in [1.29, 1.82) is 0 Å². The molecule has 3 rings (SSSR count). The number of hydrogen-bond donors (Lipinski definition) is 3. The van der Waals surface area contributed by atoms with E-state index >= 15 is 0 Å². The van der Waals surface area contributed by atoms with Crippen LogP contribution in [0.4, 0.5) is 16.2 Å². The molecule has 3 aromatic rings. The number of hydrogen-bond acceptors (Lipinski definition) is 5. The molecule has 3 N–H and O–H groups in total. The molecule has 0 bridgehead atoms. The minimum absolute atomic E-state index is 0.216. The highest BCUT2D eigenvalue weighted by molar-refractivity contribution is 6.01. The number of nitrogens with zero attached hydrogens (tertiary/aromatic N) is 1. The van der Waals surface area contributed by atoms with Gasteiger partial charge in [-0.05, 0) is 55.1 Å². The van der Waals surface area contributed by atoms with Crippen LogP contribution in [0.2, 0.25) is 0 Å². The first-order valence-electron chi connectivity index (χ1n) is 12.1. The van der Waals surface area contributed by atoms with Crippen LogP contribution in [0.15, 0.2) is 72.8 Å². The van der Waals surface area contributed by atoms with Gasteiger partial charge < -0.3 is 30.3 Å². The number of nitrogens with one attached hydrogen (secondary N) is 3. The summed E-state index contributed by atoms with van der Waals surface area (Å²) in [6.45, 7) is 7.81. The fraction of sp³-hybridized carbons (Fsp3) is 0.286. The lowest BCUT2D eigenvalue weighted by Crippen LogP contribution is -2.34. The molecule has 0 saturated heterocycles. The van der Waals surface area contributed by atoms with Gasteiger partial charge in [-0.15, -0.1) is 0 Å². The second-order valence-electron chi connectivity index (χ2n) is 8.08. The average Bonchev–Trinajstić information content (AvgIpc) is 2.91. The highest BCUT2D eigenvalue weighted by Crippen LogP contribution is 2.23. The highest BCUT2D eigenvalue weighted by Gasteiger charge is 2.14. The number of amides is 3. The molecule has 0 aromatic heterocycles. The Morgan fingerprint density at radius 2 is 1.53 bits per heavy atom. The summed E-state index contributed by atoms with van der Waals surface area (Å²) in [6.07, 6.45) is 0. The van der Waals surface area contributed by atoms with Crippen molar-refractivity contribution >= 4 is 23.3 Å². The largest absolute Gasteiger partial charge is 0.496 e. The summed E-state index contributed by atoms with van der Waals surface area (Å²) >= 11 is 0.